The molecule has 1 amide bonds. The Kier molecular flexibility index (Phi) is 6.23. The number of carbonyl (C=O) groups excluding carboxylic acids is 2. The fourth-order valence-corrected chi connectivity index (χ4v) is 4.95. The zero-order chi connectivity index (χ0) is 24.5. The number of amides is 1. The smallest absolute Gasteiger partial charge is 0.337 e. The highest BCUT2D eigenvalue weighted by atomic mass is 19.1. The van der Waals surface area contributed by atoms with Gasteiger partial charge in [0.25, 0.3) is 0 Å². The summed E-state index contributed by atoms with van der Waals surface area (Å²) in [5, 5.41) is 0.687. The number of ether oxygens (including phenoxy) is 1. The standard InChI is InChI=1S/C26H28FN5O3/c1-17-21-16-19(27)7-10-22(21)29-26(28-17)32-11-3-4-23(32)24(33)31-14-12-30(13-15-31)20-8-5-18(6-9-20)25(34)35-2/h5-10,16,23H,3-4,11-15H2,1-2H3/t23-/m0/s1. The molecule has 0 aliphatic carbocycles. The van der Waals surface area contributed by atoms with Gasteiger partial charge in [0.15, 0.2) is 0 Å². The molecule has 1 aromatic heterocycles. The summed E-state index contributed by atoms with van der Waals surface area (Å²) in [5.41, 5.74) is 2.92. The molecule has 0 bridgehead atoms. The molecule has 0 radical (unpaired) electrons. The molecular weight excluding hydrogens is 449 g/mol. The largest absolute Gasteiger partial charge is 0.465 e. The fraction of sp³-hybridized carbons (Fsp3) is 0.385. The van der Waals surface area contributed by atoms with E-state index in [9.17, 15) is 14.0 Å². The van der Waals surface area contributed by atoms with Crippen LogP contribution in [0, 0.1) is 12.7 Å². The Morgan fingerprint density at radius 1 is 1.00 bits per heavy atom. The second kappa shape index (κ2) is 9.48. The normalized spacial score (nSPS) is 18.3. The summed E-state index contributed by atoms with van der Waals surface area (Å²) in [6, 6.07) is 11.5. The van der Waals surface area contributed by atoms with Crippen molar-refractivity contribution in [2.45, 2.75) is 25.8 Å². The summed E-state index contributed by atoms with van der Waals surface area (Å²) in [6.45, 7) is 5.24. The number of anilines is 2. The first kappa shape index (κ1) is 23.0. The molecule has 35 heavy (non-hydrogen) atoms. The third-order valence-corrected chi connectivity index (χ3v) is 6.88. The van der Waals surface area contributed by atoms with E-state index in [1.807, 2.05) is 28.9 Å². The summed E-state index contributed by atoms with van der Waals surface area (Å²) in [6.07, 6.45) is 1.66. The minimum atomic E-state index is -0.356. The maximum Gasteiger partial charge on any atom is 0.337 e. The average Bonchev–Trinajstić information content (AvgIpc) is 3.38. The van der Waals surface area contributed by atoms with E-state index in [2.05, 4.69) is 14.9 Å². The average molecular weight is 478 g/mol. The van der Waals surface area contributed by atoms with Crippen LogP contribution in [-0.4, -0.2) is 72.6 Å². The van der Waals surface area contributed by atoms with Crippen LogP contribution in [0.15, 0.2) is 42.5 Å². The van der Waals surface area contributed by atoms with Crippen LogP contribution >= 0.6 is 0 Å². The first-order valence-corrected chi connectivity index (χ1v) is 11.9. The number of halogens is 1. The van der Waals surface area contributed by atoms with Crippen LogP contribution in [0.1, 0.15) is 28.9 Å². The minimum Gasteiger partial charge on any atom is -0.465 e. The molecule has 2 aromatic carbocycles. The number of benzene rings is 2. The molecule has 9 heteroatoms. The van der Waals surface area contributed by atoms with Crippen molar-refractivity contribution in [3.8, 4) is 0 Å². The van der Waals surface area contributed by atoms with E-state index < -0.39 is 0 Å². The molecule has 2 fully saturated rings. The zero-order valence-electron chi connectivity index (χ0n) is 19.9. The van der Waals surface area contributed by atoms with Crippen molar-refractivity contribution in [1.29, 1.82) is 0 Å². The van der Waals surface area contributed by atoms with Crippen molar-refractivity contribution in [2.24, 2.45) is 0 Å². The highest BCUT2D eigenvalue weighted by Crippen LogP contribution is 2.28. The molecule has 3 aromatic rings. The molecule has 1 atom stereocenters. The number of piperazine rings is 1. The number of hydrogen-bond donors (Lipinski definition) is 0. The van der Waals surface area contributed by atoms with Gasteiger partial charge in [-0.15, -0.1) is 0 Å². The lowest BCUT2D eigenvalue weighted by atomic mass is 10.1. The third kappa shape index (κ3) is 4.50. The predicted octanol–water partition coefficient (Wildman–Crippen LogP) is 3.18. The summed E-state index contributed by atoms with van der Waals surface area (Å²) in [4.78, 5) is 40.5. The van der Waals surface area contributed by atoms with E-state index in [0.717, 1.165) is 25.1 Å². The molecule has 0 spiro atoms. The van der Waals surface area contributed by atoms with Gasteiger partial charge >= 0.3 is 5.97 Å². The Labute approximate surface area is 203 Å². The van der Waals surface area contributed by atoms with Crippen molar-refractivity contribution in [2.75, 3.05) is 49.6 Å². The zero-order valence-corrected chi connectivity index (χ0v) is 19.9. The number of esters is 1. The van der Waals surface area contributed by atoms with Gasteiger partial charge in [0, 0.05) is 43.8 Å². The van der Waals surface area contributed by atoms with E-state index in [1.165, 1.54) is 19.2 Å². The van der Waals surface area contributed by atoms with Crippen molar-refractivity contribution in [3.05, 3.63) is 59.5 Å². The van der Waals surface area contributed by atoms with E-state index in [-0.39, 0.29) is 23.7 Å². The third-order valence-electron chi connectivity index (χ3n) is 6.88. The number of aromatic nitrogens is 2. The lowest BCUT2D eigenvalue weighted by molar-refractivity contribution is -0.132. The highest BCUT2D eigenvalue weighted by Gasteiger charge is 2.36. The van der Waals surface area contributed by atoms with Crippen molar-refractivity contribution in [3.63, 3.8) is 0 Å². The van der Waals surface area contributed by atoms with Gasteiger partial charge in [-0.2, -0.15) is 0 Å². The lowest BCUT2D eigenvalue weighted by Crippen LogP contribution is -2.54. The molecular formula is C26H28FN5O3. The van der Waals surface area contributed by atoms with Gasteiger partial charge < -0.3 is 19.4 Å². The van der Waals surface area contributed by atoms with Crippen LogP contribution in [0.5, 0.6) is 0 Å². The minimum absolute atomic E-state index is 0.101. The molecule has 5 rings (SSSR count). The predicted molar refractivity (Wildman–Crippen MR) is 131 cm³/mol. The Hall–Kier alpha value is -3.75. The number of carbonyl (C=O) groups is 2. The summed E-state index contributed by atoms with van der Waals surface area (Å²) < 4.78 is 18.4. The molecule has 0 saturated carbocycles. The van der Waals surface area contributed by atoms with Crippen LogP contribution in [0.3, 0.4) is 0 Å². The molecule has 0 unspecified atom stereocenters. The fourth-order valence-electron chi connectivity index (χ4n) is 4.95. The van der Waals surface area contributed by atoms with Crippen LogP contribution in [0.25, 0.3) is 10.9 Å². The Morgan fingerprint density at radius 2 is 1.74 bits per heavy atom. The molecule has 0 N–H and O–H groups in total. The Bertz CT molecular complexity index is 1260. The molecule has 2 saturated heterocycles. The highest BCUT2D eigenvalue weighted by molar-refractivity contribution is 5.90. The first-order valence-electron chi connectivity index (χ1n) is 11.9. The SMILES string of the molecule is COC(=O)c1ccc(N2CCN(C(=O)[C@@H]3CCCN3c3nc(C)c4cc(F)ccc4n3)CC2)cc1. The second-order valence-electron chi connectivity index (χ2n) is 8.97. The van der Waals surface area contributed by atoms with Crippen molar-refractivity contribution in [1.82, 2.24) is 14.9 Å². The van der Waals surface area contributed by atoms with Gasteiger partial charge in [-0.3, -0.25) is 4.79 Å². The van der Waals surface area contributed by atoms with Crippen LogP contribution in [-0.2, 0) is 9.53 Å². The van der Waals surface area contributed by atoms with E-state index in [1.54, 1.807) is 18.2 Å². The monoisotopic (exact) mass is 477 g/mol. The van der Waals surface area contributed by atoms with Gasteiger partial charge in [0.2, 0.25) is 11.9 Å². The number of fused-ring (bicyclic) bond motifs is 1. The van der Waals surface area contributed by atoms with E-state index in [0.29, 0.717) is 54.3 Å². The van der Waals surface area contributed by atoms with Crippen LogP contribution < -0.4 is 9.80 Å². The van der Waals surface area contributed by atoms with Gasteiger partial charge in [0.05, 0.1) is 23.9 Å². The van der Waals surface area contributed by atoms with E-state index >= 15 is 0 Å². The van der Waals surface area contributed by atoms with Gasteiger partial charge in [-0.25, -0.2) is 19.2 Å². The molecule has 2 aliphatic rings. The molecule has 182 valence electrons. The van der Waals surface area contributed by atoms with Crippen molar-refractivity contribution >= 4 is 34.4 Å². The summed E-state index contributed by atoms with van der Waals surface area (Å²) in [7, 11) is 1.37. The van der Waals surface area contributed by atoms with Crippen LogP contribution in [0.2, 0.25) is 0 Å². The van der Waals surface area contributed by atoms with Gasteiger partial charge in [0.1, 0.15) is 11.9 Å². The second-order valence-corrected chi connectivity index (χ2v) is 8.97. The number of nitrogens with zero attached hydrogens (tertiary/aromatic N) is 5. The van der Waals surface area contributed by atoms with Crippen molar-refractivity contribution < 1.29 is 18.7 Å². The quantitative estimate of drug-likeness (QED) is 0.534. The summed E-state index contributed by atoms with van der Waals surface area (Å²) >= 11 is 0. The van der Waals surface area contributed by atoms with Gasteiger partial charge in [-0.05, 0) is 62.2 Å². The summed E-state index contributed by atoms with van der Waals surface area (Å²) in [5.74, 6) is -0.0407. The molecule has 3 heterocycles. The first-order chi connectivity index (χ1) is 16.9. The lowest BCUT2D eigenvalue weighted by Gasteiger charge is -2.38. The molecule has 8 nitrogen and oxygen atoms in total. The number of methoxy groups -OCH3 is 1. The number of aryl methyl sites for hydroxylation is 1. The Morgan fingerprint density at radius 3 is 2.46 bits per heavy atom. The maximum atomic E-state index is 13.7. The van der Waals surface area contributed by atoms with Crippen LogP contribution in [0.4, 0.5) is 16.0 Å². The molecule has 2 aliphatic heterocycles. The van der Waals surface area contributed by atoms with E-state index in [4.69, 9.17) is 4.74 Å². The number of hydrogen-bond acceptors (Lipinski definition) is 7. The van der Waals surface area contributed by atoms with Gasteiger partial charge in [-0.1, -0.05) is 0 Å². The topological polar surface area (TPSA) is 78.9 Å². The number of rotatable bonds is 4. The maximum absolute atomic E-state index is 13.7. The Balaban J connectivity index is 1.26.